The van der Waals surface area contributed by atoms with Gasteiger partial charge in [-0.15, -0.1) is 0 Å². The van der Waals surface area contributed by atoms with Crippen LogP contribution < -0.4 is 20.7 Å². The Labute approximate surface area is 204 Å². The maximum atomic E-state index is 12.7. The molecular formula is C23H26F3N3O7. The van der Waals surface area contributed by atoms with Gasteiger partial charge in [-0.2, -0.15) is 13.2 Å². The number of amides is 2. The zero-order valence-electron chi connectivity index (χ0n) is 19.0. The maximum absolute atomic E-state index is 12.7. The number of halogens is 3. The molecule has 2 atom stereocenters. The van der Waals surface area contributed by atoms with E-state index in [4.69, 9.17) is 9.84 Å². The first-order valence-electron chi connectivity index (χ1n) is 10.7. The first-order chi connectivity index (χ1) is 17.1. The quantitative estimate of drug-likeness (QED) is 0.256. The second-order valence-electron chi connectivity index (χ2n) is 7.54. The van der Waals surface area contributed by atoms with Crippen LogP contribution >= 0.6 is 0 Å². The molecule has 2 aromatic rings. The summed E-state index contributed by atoms with van der Waals surface area (Å²) in [7, 11) is 0. The normalized spacial score (nSPS) is 12.8. The summed E-state index contributed by atoms with van der Waals surface area (Å²) in [5, 5.41) is 25.7. The molecule has 2 rings (SSSR count). The molecular weight excluding hydrogens is 487 g/mol. The summed E-state index contributed by atoms with van der Waals surface area (Å²) in [6, 6.07) is 13.4. The van der Waals surface area contributed by atoms with Crippen molar-refractivity contribution in [2.24, 2.45) is 0 Å². The van der Waals surface area contributed by atoms with E-state index in [2.05, 4.69) is 20.7 Å². The summed E-state index contributed by atoms with van der Waals surface area (Å²) in [4.78, 5) is 33.4. The molecule has 2 aromatic carbocycles. The van der Waals surface area contributed by atoms with Gasteiger partial charge in [0.15, 0.2) is 0 Å². The first kappa shape index (κ1) is 28.4. The molecule has 10 nitrogen and oxygen atoms in total. The Balaban J connectivity index is 1.92. The predicted octanol–water partition coefficient (Wildman–Crippen LogP) is 1.94. The number of hydrogen-bond donors (Lipinski definition) is 5. The van der Waals surface area contributed by atoms with E-state index in [9.17, 15) is 32.7 Å². The minimum Gasteiger partial charge on any atom is -0.490 e. The molecule has 0 spiro atoms. The molecule has 0 saturated heterocycles. The molecule has 36 heavy (non-hydrogen) atoms. The van der Waals surface area contributed by atoms with Crippen LogP contribution in [0.5, 0.6) is 5.75 Å². The number of esters is 1. The highest BCUT2D eigenvalue weighted by Crippen LogP contribution is 2.18. The van der Waals surface area contributed by atoms with Gasteiger partial charge in [0.25, 0.3) is 0 Å². The number of hydrogen-bond acceptors (Lipinski definition) is 7. The number of aliphatic carboxylic acids is 1. The van der Waals surface area contributed by atoms with Gasteiger partial charge < -0.3 is 35.6 Å². The van der Waals surface area contributed by atoms with E-state index in [1.165, 1.54) is 0 Å². The lowest BCUT2D eigenvalue weighted by Crippen LogP contribution is -2.44. The average molecular weight is 513 g/mol. The van der Waals surface area contributed by atoms with E-state index in [-0.39, 0.29) is 26.2 Å². The summed E-state index contributed by atoms with van der Waals surface area (Å²) < 4.78 is 48.0. The van der Waals surface area contributed by atoms with Crippen molar-refractivity contribution in [3.05, 3.63) is 60.2 Å². The number of carbonyl (C=O) groups excluding carboxylic acids is 2. The van der Waals surface area contributed by atoms with Gasteiger partial charge in [0, 0.05) is 18.3 Å². The van der Waals surface area contributed by atoms with Crippen molar-refractivity contribution in [1.82, 2.24) is 10.6 Å². The fourth-order valence-corrected chi connectivity index (χ4v) is 2.90. The second-order valence-corrected chi connectivity index (χ2v) is 7.54. The smallest absolute Gasteiger partial charge is 0.490 e. The van der Waals surface area contributed by atoms with Gasteiger partial charge in [-0.25, -0.2) is 9.59 Å². The first-order valence-corrected chi connectivity index (χ1v) is 10.7. The number of aliphatic hydroxyl groups excluding tert-OH is 1. The fourth-order valence-electron chi connectivity index (χ4n) is 2.90. The Morgan fingerprint density at radius 2 is 1.67 bits per heavy atom. The summed E-state index contributed by atoms with van der Waals surface area (Å²) in [5.74, 6) is -3.15. The van der Waals surface area contributed by atoms with Crippen LogP contribution in [0.4, 0.5) is 23.7 Å². The lowest BCUT2D eigenvalue weighted by atomic mass is 10.1. The second kappa shape index (κ2) is 13.9. The van der Waals surface area contributed by atoms with Gasteiger partial charge in [-0.3, -0.25) is 4.79 Å². The molecule has 0 aliphatic heterocycles. The number of rotatable bonds is 13. The van der Waals surface area contributed by atoms with Gasteiger partial charge in [-0.05, 0) is 36.2 Å². The minimum absolute atomic E-state index is 0.219. The van der Waals surface area contributed by atoms with Crippen molar-refractivity contribution >= 4 is 23.7 Å². The monoisotopic (exact) mass is 513 g/mol. The Morgan fingerprint density at radius 3 is 2.25 bits per heavy atom. The fraction of sp³-hybridized carbons (Fsp3) is 0.348. The van der Waals surface area contributed by atoms with Crippen LogP contribution in [0.15, 0.2) is 54.6 Å². The standard InChI is InChI=1S/C23H26F3N3O7/c24-23(25,26)21(33)36-19(14-35-18-4-2-1-3-5-18)11-27-17(13-30)10-15-6-8-16(9-7-15)29-22(34)28-12-20(31)32/h1-9,17,19,27,30H,10-14H2,(H,31,32)(H2,28,29,34)/t17-,19-/m0/s1. The number of carboxylic acid groups (broad SMARTS) is 1. The third kappa shape index (κ3) is 10.6. The van der Waals surface area contributed by atoms with Crippen molar-refractivity contribution in [3.63, 3.8) is 0 Å². The van der Waals surface area contributed by atoms with E-state index >= 15 is 0 Å². The summed E-state index contributed by atoms with van der Waals surface area (Å²) in [6.45, 7) is -1.47. The van der Waals surface area contributed by atoms with E-state index in [1.54, 1.807) is 54.6 Å². The number of nitrogens with one attached hydrogen (secondary N) is 3. The molecule has 2 amide bonds. The number of para-hydroxylation sites is 1. The van der Waals surface area contributed by atoms with Gasteiger partial charge in [0.2, 0.25) is 0 Å². The maximum Gasteiger partial charge on any atom is 0.490 e. The van der Waals surface area contributed by atoms with Crippen LogP contribution in [-0.2, 0) is 20.7 Å². The minimum atomic E-state index is -5.16. The molecule has 0 saturated carbocycles. The van der Waals surface area contributed by atoms with E-state index in [1.807, 2.05) is 0 Å². The summed E-state index contributed by atoms with van der Waals surface area (Å²) >= 11 is 0. The van der Waals surface area contributed by atoms with Crippen molar-refractivity contribution < 1.29 is 47.2 Å². The average Bonchev–Trinajstić information content (AvgIpc) is 2.84. The predicted molar refractivity (Wildman–Crippen MR) is 122 cm³/mol. The molecule has 0 aliphatic carbocycles. The molecule has 13 heteroatoms. The topological polar surface area (TPSA) is 146 Å². The molecule has 0 aromatic heterocycles. The number of urea groups is 1. The molecule has 0 heterocycles. The van der Waals surface area contributed by atoms with Crippen LogP contribution in [-0.4, -0.2) is 72.8 Å². The molecule has 0 unspecified atom stereocenters. The third-order valence-electron chi connectivity index (χ3n) is 4.63. The molecule has 0 aliphatic rings. The number of anilines is 1. The largest absolute Gasteiger partial charge is 0.490 e. The van der Waals surface area contributed by atoms with Crippen molar-refractivity contribution in [2.45, 2.75) is 24.7 Å². The molecule has 5 N–H and O–H groups in total. The summed E-state index contributed by atoms with van der Waals surface area (Å²) in [5.41, 5.74) is 1.12. The highest BCUT2D eigenvalue weighted by molar-refractivity contribution is 5.91. The van der Waals surface area contributed by atoms with Crippen LogP contribution in [0.2, 0.25) is 0 Å². The highest BCUT2D eigenvalue weighted by Gasteiger charge is 2.42. The number of carboxylic acids is 1. The zero-order valence-corrected chi connectivity index (χ0v) is 19.0. The Kier molecular flexibility index (Phi) is 11.0. The van der Waals surface area contributed by atoms with Crippen LogP contribution in [0, 0.1) is 0 Å². The lowest BCUT2D eigenvalue weighted by molar-refractivity contribution is -0.205. The Hall–Kier alpha value is -3.84. The lowest BCUT2D eigenvalue weighted by Gasteiger charge is -2.23. The van der Waals surface area contributed by atoms with Gasteiger partial charge >= 0.3 is 24.1 Å². The number of aliphatic hydroxyl groups is 1. The van der Waals surface area contributed by atoms with Gasteiger partial charge in [-0.1, -0.05) is 30.3 Å². The molecule has 0 radical (unpaired) electrons. The van der Waals surface area contributed by atoms with E-state index in [0.717, 1.165) is 5.56 Å². The number of alkyl halides is 3. The third-order valence-corrected chi connectivity index (χ3v) is 4.63. The molecule has 196 valence electrons. The number of benzene rings is 2. The van der Waals surface area contributed by atoms with Crippen molar-refractivity contribution in [3.8, 4) is 5.75 Å². The van der Waals surface area contributed by atoms with E-state index in [0.29, 0.717) is 11.4 Å². The Morgan fingerprint density at radius 1 is 1.00 bits per heavy atom. The summed E-state index contributed by atoms with van der Waals surface area (Å²) in [6.07, 6.45) is -6.19. The van der Waals surface area contributed by atoms with E-state index < -0.39 is 42.8 Å². The number of carbonyl (C=O) groups is 3. The highest BCUT2D eigenvalue weighted by atomic mass is 19.4. The number of ether oxygens (including phenoxy) is 2. The van der Waals surface area contributed by atoms with Crippen molar-refractivity contribution in [2.75, 3.05) is 31.6 Å². The van der Waals surface area contributed by atoms with Crippen LogP contribution in [0.25, 0.3) is 0 Å². The SMILES string of the molecule is O=C(O)CNC(=O)Nc1ccc(C[C@@H](CO)NC[C@@H](COc2ccccc2)OC(=O)C(F)(F)F)cc1. The Bertz CT molecular complexity index is 989. The molecule has 0 bridgehead atoms. The van der Waals surface area contributed by atoms with Crippen LogP contribution in [0.3, 0.4) is 0 Å². The van der Waals surface area contributed by atoms with Gasteiger partial charge in [0.05, 0.1) is 6.61 Å². The zero-order chi connectivity index (χ0) is 26.6. The van der Waals surface area contributed by atoms with Crippen molar-refractivity contribution in [1.29, 1.82) is 0 Å². The molecule has 0 fully saturated rings. The van der Waals surface area contributed by atoms with Crippen LogP contribution in [0.1, 0.15) is 5.56 Å². The van der Waals surface area contributed by atoms with Gasteiger partial charge in [0.1, 0.15) is 25.0 Å².